The van der Waals surface area contributed by atoms with Crippen LogP contribution >= 0.6 is 0 Å². The van der Waals surface area contributed by atoms with Crippen molar-refractivity contribution in [1.29, 1.82) is 0 Å². The number of pyridine rings is 1. The molecule has 4 N–H and O–H groups in total. The van der Waals surface area contributed by atoms with Gasteiger partial charge in [-0.25, -0.2) is 13.8 Å². The van der Waals surface area contributed by atoms with Crippen LogP contribution in [0.2, 0.25) is 0 Å². The highest BCUT2D eigenvalue weighted by Crippen LogP contribution is 2.28. The fourth-order valence-electron chi connectivity index (χ4n) is 1.32. The lowest BCUT2D eigenvalue weighted by atomic mass is 10.1. The molecule has 7 heteroatoms. The van der Waals surface area contributed by atoms with Gasteiger partial charge in [0.2, 0.25) is 0 Å². The number of nitrogen functional groups attached to an aromatic ring is 2. The Morgan fingerprint density at radius 1 is 1.53 bits per heavy atom. The molecule has 0 bridgehead atoms. The first-order valence-electron chi connectivity index (χ1n) is 4.94. The highest BCUT2D eigenvalue weighted by atomic mass is 19.3. The van der Waals surface area contributed by atoms with E-state index in [4.69, 9.17) is 11.5 Å². The first kappa shape index (κ1) is 13.1. The van der Waals surface area contributed by atoms with Crippen molar-refractivity contribution in [3.8, 4) is 0 Å². The average Bonchev–Trinajstić information content (AvgIpc) is 2.22. The number of nitrogens with zero attached hydrogens (tertiary/aromatic N) is 1. The quantitative estimate of drug-likeness (QED) is 0.780. The number of nitrogens with two attached hydrogens (primary N) is 2. The third kappa shape index (κ3) is 3.27. The summed E-state index contributed by atoms with van der Waals surface area (Å²) in [6, 6.07) is 0.995. The van der Waals surface area contributed by atoms with Crippen LogP contribution in [-0.2, 0) is 16.0 Å². The summed E-state index contributed by atoms with van der Waals surface area (Å²) in [5.41, 5.74) is 10.2. The summed E-state index contributed by atoms with van der Waals surface area (Å²) in [6.45, 7) is 1.83. The zero-order valence-corrected chi connectivity index (χ0v) is 9.24. The van der Waals surface area contributed by atoms with Crippen LogP contribution in [0.4, 0.5) is 20.3 Å². The number of halogens is 2. The fraction of sp³-hybridized carbons (Fsp3) is 0.400. The largest absolute Gasteiger partial charge is 0.466 e. The van der Waals surface area contributed by atoms with E-state index in [1.807, 2.05) is 0 Å². The SMILES string of the molecule is CCOC(=O)Cc1nc(N)cc(C(F)F)c1N. The highest BCUT2D eigenvalue weighted by molar-refractivity contribution is 5.75. The molecule has 0 aromatic carbocycles. The number of carbonyl (C=O) groups is 1. The molecule has 0 saturated heterocycles. The minimum atomic E-state index is -2.76. The first-order valence-corrected chi connectivity index (χ1v) is 4.94. The Labute approximate surface area is 96.8 Å². The number of hydrogen-bond acceptors (Lipinski definition) is 5. The number of aromatic nitrogens is 1. The molecule has 1 aromatic heterocycles. The lowest BCUT2D eigenvalue weighted by Gasteiger charge is -2.10. The van der Waals surface area contributed by atoms with Crippen molar-refractivity contribution < 1.29 is 18.3 Å². The molecule has 94 valence electrons. The molecule has 0 spiro atoms. The van der Waals surface area contributed by atoms with Gasteiger partial charge in [0, 0.05) is 5.56 Å². The minimum absolute atomic E-state index is 0.0127. The molecule has 0 amide bonds. The predicted molar refractivity (Wildman–Crippen MR) is 58.4 cm³/mol. The van der Waals surface area contributed by atoms with Gasteiger partial charge in [0.25, 0.3) is 6.43 Å². The van der Waals surface area contributed by atoms with Crippen molar-refractivity contribution in [2.45, 2.75) is 19.8 Å². The Kier molecular flexibility index (Phi) is 4.19. The van der Waals surface area contributed by atoms with Gasteiger partial charge in [-0.1, -0.05) is 0 Å². The monoisotopic (exact) mass is 245 g/mol. The Morgan fingerprint density at radius 3 is 2.71 bits per heavy atom. The van der Waals surface area contributed by atoms with E-state index in [0.29, 0.717) is 0 Å². The molecule has 1 rings (SSSR count). The Hall–Kier alpha value is -1.92. The molecule has 1 heterocycles. The zero-order chi connectivity index (χ0) is 13.0. The molecule has 0 radical (unpaired) electrons. The smallest absolute Gasteiger partial charge is 0.311 e. The molecule has 0 unspecified atom stereocenters. The lowest BCUT2D eigenvalue weighted by Crippen LogP contribution is -2.13. The van der Waals surface area contributed by atoms with Crippen molar-refractivity contribution in [2.75, 3.05) is 18.1 Å². The number of alkyl halides is 2. The molecule has 0 aliphatic heterocycles. The van der Waals surface area contributed by atoms with Gasteiger partial charge in [0.1, 0.15) is 5.82 Å². The summed E-state index contributed by atoms with van der Waals surface area (Å²) in [7, 11) is 0. The molecule has 1 aromatic rings. The van der Waals surface area contributed by atoms with Crippen LogP contribution < -0.4 is 11.5 Å². The third-order valence-electron chi connectivity index (χ3n) is 2.04. The molecule has 0 aliphatic carbocycles. The number of ether oxygens (including phenoxy) is 1. The molecular formula is C10H13F2N3O2. The van der Waals surface area contributed by atoms with Gasteiger partial charge in [-0.05, 0) is 13.0 Å². The van der Waals surface area contributed by atoms with Crippen LogP contribution in [-0.4, -0.2) is 17.6 Å². The number of esters is 1. The van der Waals surface area contributed by atoms with Gasteiger partial charge in [-0.2, -0.15) is 0 Å². The second kappa shape index (κ2) is 5.42. The van der Waals surface area contributed by atoms with Crippen molar-refractivity contribution in [3.63, 3.8) is 0 Å². The Morgan fingerprint density at radius 2 is 2.18 bits per heavy atom. The summed E-state index contributed by atoms with van der Waals surface area (Å²) in [5, 5.41) is 0. The molecule has 17 heavy (non-hydrogen) atoms. The van der Waals surface area contributed by atoms with Crippen molar-refractivity contribution in [1.82, 2.24) is 4.98 Å². The molecule has 0 saturated carbocycles. The summed E-state index contributed by atoms with van der Waals surface area (Å²) in [6.07, 6.45) is -3.04. The molecule has 0 aliphatic rings. The zero-order valence-electron chi connectivity index (χ0n) is 9.24. The Bertz CT molecular complexity index is 424. The van der Waals surface area contributed by atoms with E-state index in [-0.39, 0.29) is 30.2 Å². The molecule has 0 atom stereocenters. The predicted octanol–water partition coefficient (Wildman–Crippen LogP) is 1.29. The van der Waals surface area contributed by atoms with Crippen LogP contribution in [0, 0.1) is 0 Å². The number of hydrogen-bond donors (Lipinski definition) is 2. The van der Waals surface area contributed by atoms with Crippen LogP contribution in [0.25, 0.3) is 0 Å². The van der Waals surface area contributed by atoms with Crippen LogP contribution in [0.15, 0.2) is 6.07 Å². The number of carbonyl (C=O) groups excluding carboxylic acids is 1. The van der Waals surface area contributed by atoms with E-state index in [0.717, 1.165) is 6.07 Å². The first-order chi connectivity index (χ1) is 7.95. The van der Waals surface area contributed by atoms with Crippen LogP contribution in [0.1, 0.15) is 24.6 Å². The van der Waals surface area contributed by atoms with Crippen molar-refractivity contribution in [2.24, 2.45) is 0 Å². The summed E-state index contributed by atoms with van der Waals surface area (Å²) >= 11 is 0. The van der Waals surface area contributed by atoms with E-state index in [2.05, 4.69) is 9.72 Å². The van der Waals surface area contributed by atoms with Gasteiger partial charge in [-0.15, -0.1) is 0 Å². The van der Waals surface area contributed by atoms with Gasteiger partial charge in [0.15, 0.2) is 0 Å². The molecule has 5 nitrogen and oxygen atoms in total. The minimum Gasteiger partial charge on any atom is -0.466 e. The van der Waals surface area contributed by atoms with E-state index >= 15 is 0 Å². The molecular weight excluding hydrogens is 232 g/mol. The number of rotatable bonds is 4. The normalized spacial score (nSPS) is 10.6. The second-order valence-electron chi connectivity index (χ2n) is 3.28. The maximum absolute atomic E-state index is 12.6. The average molecular weight is 245 g/mol. The van der Waals surface area contributed by atoms with Gasteiger partial charge >= 0.3 is 5.97 Å². The van der Waals surface area contributed by atoms with Crippen LogP contribution in [0.5, 0.6) is 0 Å². The van der Waals surface area contributed by atoms with E-state index in [1.165, 1.54) is 0 Å². The van der Waals surface area contributed by atoms with Crippen molar-refractivity contribution >= 4 is 17.5 Å². The standard InChI is InChI=1S/C10H13F2N3O2/c1-2-17-8(16)4-6-9(14)5(10(11)12)3-7(13)15-6/h3,10H,2,4,14H2,1H3,(H2,13,15). The summed E-state index contributed by atoms with van der Waals surface area (Å²) in [4.78, 5) is 15.0. The summed E-state index contributed by atoms with van der Waals surface area (Å²) in [5.74, 6) is -0.689. The van der Waals surface area contributed by atoms with Crippen molar-refractivity contribution in [3.05, 3.63) is 17.3 Å². The topological polar surface area (TPSA) is 91.2 Å². The van der Waals surface area contributed by atoms with Gasteiger partial charge < -0.3 is 16.2 Å². The van der Waals surface area contributed by atoms with E-state index in [1.54, 1.807) is 6.92 Å². The van der Waals surface area contributed by atoms with Crippen LogP contribution in [0.3, 0.4) is 0 Å². The van der Waals surface area contributed by atoms with E-state index < -0.39 is 18.0 Å². The maximum Gasteiger partial charge on any atom is 0.311 e. The fourth-order valence-corrected chi connectivity index (χ4v) is 1.32. The lowest BCUT2D eigenvalue weighted by molar-refractivity contribution is -0.142. The summed E-state index contributed by atoms with van der Waals surface area (Å²) < 4.78 is 29.9. The highest BCUT2D eigenvalue weighted by Gasteiger charge is 2.18. The van der Waals surface area contributed by atoms with Gasteiger partial charge in [-0.3, -0.25) is 4.79 Å². The Balaban J connectivity index is 3.03. The van der Waals surface area contributed by atoms with E-state index in [9.17, 15) is 13.6 Å². The van der Waals surface area contributed by atoms with Gasteiger partial charge in [0.05, 0.1) is 24.4 Å². The molecule has 0 fully saturated rings. The second-order valence-corrected chi connectivity index (χ2v) is 3.28. The number of anilines is 2. The maximum atomic E-state index is 12.6. The third-order valence-corrected chi connectivity index (χ3v) is 2.04.